The number of amides is 1. The van der Waals surface area contributed by atoms with E-state index >= 15 is 0 Å². The van der Waals surface area contributed by atoms with Crippen LogP contribution < -0.4 is 0 Å². The summed E-state index contributed by atoms with van der Waals surface area (Å²) in [6.07, 6.45) is 3.76. The first-order chi connectivity index (χ1) is 11.0. The van der Waals surface area contributed by atoms with Crippen molar-refractivity contribution in [2.24, 2.45) is 17.8 Å². The van der Waals surface area contributed by atoms with Crippen molar-refractivity contribution in [2.75, 3.05) is 6.54 Å². The Morgan fingerprint density at radius 3 is 2.61 bits per heavy atom. The van der Waals surface area contributed by atoms with Crippen LogP contribution in [-0.2, 0) is 16.0 Å². The fourth-order valence-corrected chi connectivity index (χ4v) is 4.30. The molecule has 3 rings (SSSR count). The van der Waals surface area contributed by atoms with Gasteiger partial charge in [-0.3, -0.25) is 4.79 Å². The Kier molecular flexibility index (Phi) is 4.42. The lowest BCUT2D eigenvalue weighted by atomic mass is 9.94. The largest absolute Gasteiger partial charge is 0.480 e. The molecule has 0 spiro atoms. The van der Waals surface area contributed by atoms with Crippen molar-refractivity contribution in [1.82, 2.24) is 4.90 Å². The third kappa shape index (κ3) is 3.12. The van der Waals surface area contributed by atoms with Gasteiger partial charge in [0.25, 0.3) is 0 Å². The molecule has 1 aliphatic carbocycles. The van der Waals surface area contributed by atoms with Crippen molar-refractivity contribution in [3.8, 4) is 0 Å². The van der Waals surface area contributed by atoms with E-state index < -0.39 is 12.0 Å². The second-order valence-electron chi connectivity index (χ2n) is 7.22. The Balaban J connectivity index is 1.71. The van der Waals surface area contributed by atoms with Crippen LogP contribution in [0.4, 0.5) is 0 Å². The summed E-state index contributed by atoms with van der Waals surface area (Å²) in [7, 11) is 0. The number of fused-ring (bicyclic) bond motifs is 1. The predicted molar refractivity (Wildman–Crippen MR) is 88.0 cm³/mol. The summed E-state index contributed by atoms with van der Waals surface area (Å²) in [5, 5.41) is 9.59. The first kappa shape index (κ1) is 16.0. The molecule has 1 N–H and O–H groups in total. The van der Waals surface area contributed by atoms with Crippen molar-refractivity contribution in [3.63, 3.8) is 0 Å². The van der Waals surface area contributed by atoms with Gasteiger partial charge >= 0.3 is 5.97 Å². The van der Waals surface area contributed by atoms with Gasteiger partial charge < -0.3 is 10.0 Å². The van der Waals surface area contributed by atoms with Gasteiger partial charge in [-0.25, -0.2) is 4.79 Å². The number of aliphatic carboxylic acids is 1. The fourth-order valence-electron chi connectivity index (χ4n) is 4.30. The molecule has 23 heavy (non-hydrogen) atoms. The lowest BCUT2D eigenvalue weighted by Crippen LogP contribution is -2.45. The predicted octanol–water partition coefficient (Wildman–Crippen LogP) is 2.89. The second kappa shape index (κ2) is 6.34. The highest BCUT2D eigenvalue weighted by Gasteiger charge is 2.49. The molecule has 124 valence electrons. The Hall–Kier alpha value is -1.84. The summed E-state index contributed by atoms with van der Waals surface area (Å²) in [6, 6.07) is 7.58. The summed E-state index contributed by atoms with van der Waals surface area (Å²) >= 11 is 0. The van der Waals surface area contributed by atoms with Gasteiger partial charge in [0.2, 0.25) is 5.91 Å². The number of aryl methyl sites for hydroxylation is 1. The van der Waals surface area contributed by atoms with Gasteiger partial charge in [-0.05, 0) is 43.6 Å². The van der Waals surface area contributed by atoms with E-state index in [9.17, 15) is 14.7 Å². The van der Waals surface area contributed by atoms with Crippen molar-refractivity contribution in [3.05, 3.63) is 35.4 Å². The maximum absolute atomic E-state index is 12.8. The molecule has 1 aromatic carbocycles. The zero-order valence-electron chi connectivity index (χ0n) is 13.9. The molecule has 1 saturated carbocycles. The van der Waals surface area contributed by atoms with Crippen LogP contribution >= 0.6 is 0 Å². The van der Waals surface area contributed by atoms with Gasteiger partial charge in [0.05, 0.1) is 0 Å². The van der Waals surface area contributed by atoms with Crippen LogP contribution in [0.2, 0.25) is 0 Å². The molecule has 4 nitrogen and oxygen atoms in total. The van der Waals surface area contributed by atoms with E-state index in [0.717, 1.165) is 24.8 Å². The van der Waals surface area contributed by atoms with Gasteiger partial charge in [-0.1, -0.05) is 43.2 Å². The molecule has 0 aromatic heterocycles. The van der Waals surface area contributed by atoms with E-state index in [2.05, 4.69) is 0 Å². The number of hydrogen-bond acceptors (Lipinski definition) is 2. The van der Waals surface area contributed by atoms with Gasteiger partial charge in [0.1, 0.15) is 6.04 Å². The van der Waals surface area contributed by atoms with Gasteiger partial charge in [-0.15, -0.1) is 0 Å². The molecule has 4 unspecified atom stereocenters. The van der Waals surface area contributed by atoms with E-state index in [1.165, 1.54) is 5.56 Å². The molecule has 4 atom stereocenters. The first-order valence-electron chi connectivity index (χ1n) is 8.56. The highest BCUT2D eigenvalue weighted by Crippen LogP contribution is 2.42. The number of carbonyl (C=O) groups excluding carboxylic acids is 1. The zero-order chi connectivity index (χ0) is 16.6. The summed E-state index contributed by atoms with van der Waals surface area (Å²) < 4.78 is 0. The van der Waals surface area contributed by atoms with Crippen molar-refractivity contribution in [2.45, 2.75) is 45.6 Å². The molecular formula is C19H25NO3. The fraction of sp³-hybridized carbons (Fsp3) is 0.579. The molecule has 0 radical (unpaired) electrons. The summed E-state index contributed by atoms with van der Waals surface area (Å²) in [4.78, 5) is 26.2. The van der Waals surface area contributed by atoms with Crippen LogP contribution in [0.25, 0.3) is 0 Å². The van der Waals surface area contributed by atoms with Crippen molar-refractivity contribution >= 4 is 11.9 Å². The van der Waals surface area contributed by atoms with E-state index in [-0.39, 0.29) is 17.7 Å². The lowest BCUT2D eigenvalue weighted by molar-refractivity contribution is -0.151. The molecule has 1 aromatic rings. The molecule has 2 fully saturated rings. The summed E-state index contributed by atoms with van der Waals surface area (Å²) in [6.45, 7) is 4.58. The molecule has 2 aliphatic rings. The SMILES string of the molecule is Cc1ccc(CC(C)C(=O)N2CC3CCCC3C2C(=O)O)cc1. The highest BCUT2D eigenvalue weighted by molar-refractivity contribution is 5.86. The maximum Gasteiger partial charge on any atom is 0.326 e. The van der Waals surface area contributed by atoms with E-state index in [1.54, 1.807) is 4.90 Å². The molecule has 1 heterocycles. The number of hydrogen-bond donors (Lipinski definition) is 1. The van der Waals surface area contributed by atoms with Crippen LogP contribution in [0.1, 0.15) is 37.3 Å². The Morgan fingerprint density at radius 2 is 1.96 bits per heavy atom. The van der Waals surface area contributed by atoms with Crippen LogP contribution in [0, 0.1) is 24.7 Å². The minimum atomic E-state index is -0.838. The zero-order valence-corrected chi connectivity index (χ0v) is 13.9. The third-order valence-corrected chi connectivity index (χ3v) is 5.51. The average Bonchev–Trinajstić information content (AvgIpc) is 3.08. The molecule has 1 saturated heterocycles. The van der Waals surface area contributed by atoms with Crippen LogP contribution in [0.5, 0.6) is 0 Å². The van der Waals surface area contributed by atoms with Crippen LogP contribution in [-0.4, -0.2) is 34.5 Å². The quantitative estimate of drug-likeness (QED) is 0.929. The average molecular weight is 315 g/mol. The van der Waals surface area contributed by atoms with Gasteiger partial charge in [0, 0.05) is 12.5 Å². The second-order valence-corrected chi connectivity index (χ2v) is 7.22. The first-order valence-corrected chi connectivity index (χ1v) is 8.56. The number of carbonyl (C=O) groups is 2. The standard InChI is InChI=1S/C19H25NO3/c1-12-6-8-14(9-7-12)10-13(2)18(21)20-11-15-4-3-5-16(15)17(20)19(22)23/h6-9,13,15-17H,3-5,10-11H2,1-2H3,(H,22,23). The Morgan fingerprint density at radius 1 is 1.26 bits per heavy atom. The summed E-state index contributed by atoms with van der Waals surface area (Å²) in [5.41, 5.74) is 2.33. The number of carboxylic acid groups (broad SMARTS) is 1. The number of rotatable bonds is 4. The maximum atomic E-state index is 12.8. The number of benzene rings is 1. The van der Waals surface area contributed by atoms with Crippen molar-refractivity contribution < 1.29 is 14.7 Å². The lowest BCUT2D eigenvalue weighted by Gasteiger charge is -2.27. The van der Waals surface area contributed by atoms with E-state index in [0.29, 0.717) is 18.9 Å². The topological polar surface area (TPSA) is 57.6 Å². The number of carboxylic acids is 1. The Labute approximate surface area is 137 Å². The van der Waals surface area contributed by atoms with E-state index in [4.69, 9.17) is 0 Å². The number of nitrogens with zero attached hydrogens (tertiary/aromatic N) is 1. The smallest absolute Gasteiger partial charge is 0.326 e. The molecule has 4 heteroatoms. The Bertz CT molecular complexity index is 595. The third-order valence-electron chi connectivity index (χ3n) is 5.51. The normalized spacial score (nSPS) is 27.7. The van der Waals surface area contributed by atoms with Crippen LogP contribution in [0.15, 0.2) is 24.3 Å². The number of likely N-dealkylation sites (tertiary alicyclic amines) is 1. The summed E-state index contributed by atoms with van der Waals surface area (Å²) in [5.74, 6) is -0.490. The molecule has 0 bridgehead atoms. The van der Waals surface area contributed by atoms with Gasteiger partial charge in [-0.2, -0.15) is 0 Å². The van der Waals surface area contributed by atoms with Crippen LogP contribution in [0.3, 0.4) is 0 Å². The molecular weight excluding hydrogens is 290 g/mol. The van der Waals surface area contributed by atoms with Gasteiger partial charge in [0.15, 0.2) is 0 Å². The molecule has 1 amide bonds. The highest BCUT2D eigenvalue weighted by atomic mass is 16.4. The monoisotopic (exact) mass is 315 g/mol. The minimum absolute atomic E-state index is 0.00706. The van der Waals surface area contributed by atoms with Crippen molar-refractivity contribution in [1.29, 1.82) is 0 Å². The van der Waals surface area contributed by atoms with E-state index in [1.807, 2.05) is 38.1 Å². The minimum Gasteiger partial charge on any atom is -0.480 e. The molecule has 1 aliphatic heterocycles.